The van der Waals surface area contributed by atoms with Crippen LogP contribution >= 0.6 is 0 Å². The Kier molecular flexibility index (Phi) is 7.17. The Hall–Kier alpha value is -2.13. The zero-order valence-corrected chi connectivity index (χ0v) is 15.5. The number of hydrazine groups is 1. The Morgan fingerprint density at radius 1 is 1.00 bits per heavy atom. The van der Waals surface area contributed by atoms with Crippen molar-refractivity contribution < 1.29 is 37.7 Å². The lowest BCUT2D eigenvalue weighted by Gasteiger charge is -2.32. The molecule has 2 N–H and O–H groups in total. The van der Waals surface area contributed by atoms with Gasteiger partial charge in [0.2, 0.25) is 5.92 Å². The standard InChI is InChI=1S/C15H26F2N2O6/c1-13(2,3)24-11(22)18-19(12(23)25-14(4,5)6)9(10(20)21)8-15(7,16)17/h9H,8H2,1-7H3,(H,18,22)(H,20,21). The zero-order valence-electron chi connectivity index (χ0n) is 15.5. The number of aliphatic carboxylic acids is 1. The maximum Gasteiger partial charge on any atom is 0.430 e. The van der Waals surface area contributed by atoms with Crippen molar-refractivity contribution in [3.63, 3.8) is 0 Å². The van der Waals surface area contributed by atoms with Gasteiger partial charge < -0.3 is 14.6 Å². The molecule has 0 aliphatic heterocycles. The molecule has 0 aromatic rings. The van der Waals surface area contributed by atoms with Crippen LogP contribution in [0.3, 0.4) is 0 Å². The molecule has 0 aliphatic carbocycles. The first-order chi connectivity index (χ1) is 10.9. The molecule has 25 heavy (non-hydrogen) atoms. The number of carbonyl (C=O) groups is 3. The molecule has 0 radical (unpaired) electrons. The van der Waals surface area contributed by atoms with E-state index in [0.29, 0.717) is 6.92 Å². The number of ether oxygens (including phenoxy) is 2. The smallest absolute Gasteiger partial charge is 0.430 e. The SMILES string of the molecule is CC(F)(F)CC(C(=O)O)N(NC(=O)OC(C)(C)C)C(=O)OC(C)(C)C. The Morgan fingerprint density at radius 2 is 1.44 bits per heavy atom. The fourth-order valence-corrected chi connectivity index (χ4v) is 1.59. The van der Waals surface area contributed by atoms with E-state index in [4.69, 9.17) is 9.47 Å². The number of carboxylic acid groups (broad SMARTS) is 1. The number of nitrogens with zero attached hydrogens (tertiary/aromatic N) is 1. The molecule has 0 fully saturated rings. The van der Waals surface area contributed by atoms with Crippen LogP contribution in [0, 0.1) is 0 Å². The predicted molar refractivity (Wildman–Crippen MR) is 84.1 cm³/mol. The van der Waals surface area contributed by atoms with E-state index in [2.05, 4.69) is 0 Å². The lowest BCUT2D eigenvalue weighted by atomic mass is 10.1. The number of amides is 2. The van der Waals surface area contributed by atoms with Crippen molar-refractivity contribution in [2.24, 2.45) is 0 Å². The summed E-state index contributed by atoms with van der Waals surface area (Å²) in [6.07, 6.45) is -3.70. The Bertz CT molecular complexity index is 506. The van der Waals surface area contributed by atoms with Gasteiger partial charge in [0.25, 0.3) is 0 Å². The number of carbonyl (C=O) groups excluding carboxylic acids is 2. The molecule has 0 spiro atoms. The lowest BCUT2D eigenvalue weighted by Crippen LogP contribution is -2.57. The Balaban J connectivity index is 5.59. The number of alkyl halides is 2. The topological polar surface area (TPSA) is 105 Å². The molecule has 0 rings (SSSR count). The number of hydrogen-bond acceptors (Lipinski definition) is 5. The average molecular weight is 368 g/mol. The van der Waals surface area contributed by atoms with Crippen molar-refractivity contribution in [3.8, 4) is 0 Å². The van der Waals surface area contributed by atoms with Crippen LogP contribution in [0.5, 0.6) is 0 Å². The number of rotatable bonds is 4. The largest absolute Gasteiger partial charge is 0.480 e. The van der Waals surface area contributed by atoms with Crippen LogP contribution in [0.2, 0.25) is 0 Å². The van der Waals surface area contributed by atoms with Crippen LogP contribution in [0.1, 0.15) is 54.9 Å². The van der Waals surface area contributed by atoms with Crippen molar-refractivity contribution in [1.29, 1.82) is 0 Å². The molecule has 146 valence electrons. The van der Waals surface area contributed by atoms with Crippen molar-refractivity contribution in [2.45, 2.75) is 78.1 Å². The molecule has 0 aliphatic rings. The van der Waals surface area contributed by atoms with Gasteiger partial charge in [-0.2, -0.15) is 0 Å². The first kappa shape index (κ1) is 22.9. The van der Waals surface area contributed by atoms with Crippen LogP contribution < -0.4 is 5.43 Å². The van der Waals surface area contributed by atoms with Gasteiger partial charge in [0.05, 0.1) is 0 Å². The van der Waals surface area contributed by atoms with Crippen LogP contribution in [-0.2, 0) is 14.3 Å². The third kappa shape index (κ3) is 10.4. The highest BCUT2D eigenvalue weighted by atomic mass is 19.3. The van der Waals surface area contributed by atoms with Crippen LogP contribution in [-0.4, -0.2) is 51.4 Å². The summed E-state index contributed by atoms with van der Waals surface area (Å²) in [5.74, 6) is -5.14. The van der Waals surface area contributed by atoms with Gasteiger partial charge in [0.1, 0.15) is 11.2 Å². The van der Waals surface area contributed by atoms with Crippen molar-refractivity contribution in [2.75, 3.05) is 0 Å². The molecule has 0 aromatic heterocycles. The number of nitrogens with one attached hydrogen (secondary N) is 1. The van der Waals surface area contributed by atoms with E-state index < -0.39 is 47.7 Å². The minimum absolute atomic E-state index is 0.207. The highest BCUT2D eigenvalue weighted by molar-refractivity contribution is 5.82. The van der Waals surface area contributed by atoms with E-state index in [9.17, 15) is 28.3 Å². The van der Waals surface area contributed by atoms with Gasteiger partial charge in [-0.05, 0) is 48.5 Å². The molecule has 1 atom stereocenters. The molecule has 0 saturated heterocycles. The normalized spacial score (nSPS) is 13.6. The molecule has 0 aromatic carbocycles. The van der Waals surface area contributed by atoms with E-state index in [0.717, 1.165) is 0 Å². The van der Waals surface area contributed by atoms with Gasteiger partial charge in [0.15, 0.2) is 6.04 Å². The quantitative estimate of drug-likeness (QED) is 0.739. The summed E-state index contributed by atoms with van der Waals surface area (Å²) < 4.78 is 36.5. The van der Waals surface area contributed by atoms with E-state index in [1.807, 2.05) is 5.43 Å². The maximum absolute atomic E-state index is 13.3. The van der Waals surface area contributed by atoms with E-state index in [1.54, 1.807) is 20.8 Å². The average Bonchev–Trinajstić information content (AvgIpc) is 2.27. The van der Waals surface area contributed by atoms with Crippen LogP contribution in [0.15, 0.2) is 0 Å². The van der Waals surface area contributed by atoms with E-state index in [-0.39, 0.29) is 5.01 Å². The molecular weight excluding hydrogens is 342 g/mol. The Morgan fingerprint density at radius 3 is 1.76 bits per heavy atom. The van der Waals surface area contributed by atoms with E-state index >= 15 is 0 Å². The monoisotopic (exact) mass is 368 g/mol. The van der Waals surface area contributed by atoms with Crippen LogP contribution in [0.4, 0.5) is 18.4 Å². The van der Waals surface area contributed by atoms with Gasteiger partial charge in [-0.25, -0.2) is 33.6 Å². The third-order valence-corrected chi connectivity index (χ3v) is 2.35. The lowest BCUT2D eigenvalue weighted by molar-refractivity contribution is -0.148. The molecular formula is C15H26F2N2O6. The highest BCUT2D eigenvalue weighted by Crippen LogP contribution is 2.23. The van der Waals surface area contributed by atoms with Gasteiger partial charge >= 0.3 is 18.2 Å². The van der Waals surface area contributed by atoms with Gasteiger partial charge in [-0.15, -0.1) is 0 Å². The van der Waals surface area contributed by atoms with Crippen molar-refractivity contribution in [3.05, 3.63) is 0 Å². The van der Waals surface area contributed by atoms with Crippen LogP contribution in [0.25, 0.3) is 0 Å². The molecule has 8 nitrogen and oxygen atoms in total. The molecule has 1 unspecified atom stereocenters. The van der Waals surface area contributed by atoms with E-state index in [1.165, 1.54) is 20.8 Å². The van der Waals surface area contributed by atoms with Gasteiger partial charge in [0, 0.05) is 6.42 Å². The third-order valence-electron chi connectivity index (χ3n) is 2.35. The Labute approximate surface area is 145 Å². The molecule has 0 saturated carbocycles. The zero-order chi connectivity index (χ0) is 20.2. The minimum Gasteiger partial charge on any atom is -0.480 e. The second-order valence-electron chi connectivity index (χ2n) is 7.59. The second kappa shape index (κ2) is 7.83. The summed E-state index contributed by atoms with van der Waals surface area (Å²) in [6.45, 7) is 9.63. The summed E-state index contributed by atoms with van der Waals surface area (Å²) in [6, 6.07) is -2.05. The van der Waals surface area contributed by atoms with Crippen molar-refractivity contribution in [1.82, 2.24) is 10.4 Å². The molecule has 0 bridgehead atoms. The second-order valence-corrected chi connectivity index (χ2v) is 7.59. The highest BCUT2D eigenvalue weighted by Gasteiger charge is 2.41. The summed E-state index contributed by atoms with van der Waals surface area (Å²) in [5, 5.41) is 9.43. The summed E-state index contributed by atoms with van der Waals surface area (Å²) in [5.41, 5.74) is -0.103. The molecule has 10 heteroatoms. The summed E-state index contributed by atoms with van der Waals surface area (Å²) >= 11 is 0. The predicted octanol–water partition coefficient (Wildman–Crippen LogP) is 3.16. The van der Waals surface area contributed by atoms with Gasteiger partial charge in [-0.3, -0.25) is 0 Å². The fourth-order valence-electron chi connectivity index (χ4n) is 1.59. The summed E-state index contributed by atoms with van der Waals surface area (Å²) in [7, 11) is 0. The molecule has 2 amide bonds. The minimum atomic E-state index is -3.40. The summed E-state index contributed by atoms with van der Waals surface area (Å²) in [4.78, 5) is 35.5. The number of hydrogen-bond donors (Lipinski definition) is 2. The number of halogens is 2. The first-order valence-electron chi connectivity index (χ1n) is 7.54. The maximum atomic E-state index is 13.3. The first-order valence-corrected chi connectivity index (χ1v) is 7.54. The number of carboxylic acids is 1. The fraction of sp³-hybridized carbons (Fsp3) is 0.800. The molecule has 0 heterocycles. The van der Waals surface area contributed by atoms with Crippen molar-refractivity contribution >= 4 is 18.2 Å². The van der Waals surface area contributed by atoms with Gasteiger partial charge in [-0.1, -0.05) is 0 Å².